The van der Waals surface area contributed by atoms with E-state index >= 15 is 0 Å². The van der Waals surface area contributed by atoms with Gasteiger partial charge in [0.05, 0.1) is 19.6 Å². The Labute approximate surface area is 96.5 Å². The van der Waals surface area contributed by atoms with Crippen molar-refractivity contribution >= 4 is 5.97 Å². The molecule has 90 valence electrons. The number of aliphatic hydroxyl groups is 1. The topological polar surface area (TPSA) is 46.5 Å². The molecule has 16 heavy (non-hydrogen) atoms. The molecule has 3 rings (SSSR count). The molecule has 0 saturated heterocycles. The Kier molecular flexibility index (Phi) is 2.82. The Balaban J connectivity index is 2.05. The lowest BCUT2D eigenvalue weighted by atomic mass is 9.48. The van der Waals surface area contributed by atoms with Crippen LogP contribution in [0.25, 0.3) is 0 Å². The second-order valence-corrected chi connectivity index (χ2v) is 5.54. The van der Waals surface area contributed by atoms with Crippen LogP contribution in [0.5, 0.6) is 0 Å². The molecule has 3 aliphatic carbocycles. The summed E-state index contributed by atoms with van der Waals surface area (Å²) in [6, 6.07) is 0. The lowest BCUT2D eigenvalue weighted by Gasteiger charge is -2.57. The van der Waals surface area contributed by atoms with Crippen molar-refractivity contribution in [2.24, 2.45) is 17.3 Å². The highest BCUT2D eigenvalue weighted by Gasteiger charge is 2.52. The maximum atomic E-state index is 11.1. The molecule has 0 radical (unpaired) electrons. The molecule has 1 N–H and O–H groups in total. The third-order valence-electron chi connectivity index (χ3n) is 4.48. The highest BCUT2D eigenvalue weighted by molar-refractivity contribution is 5.70. The molecule has 3 aliphatic rings. The Morgan fingerprint density at radius 1 is 1.69 bits per heavy atom. The standard InChI is InChI=1S/C13H20O3/c1-13(2)8-4-5-9(10(13)6-8)11(14)7-12(15)16-3/h5,8,10-11,14H,4,6-7H2,1-3H3/t8?,10?,11-/m0/s1. The van der Waals surface area contributed by atoms with E-state index in [1.165, 1.54) is 7.11 Å². The lowest BCUT2D eigenvalue weighted by Crippen LogP contribution is -2.50. The summed E-state index contributed by atoms with van der Waals surface area (Å²) in [5, 5.41) is 10.0. The van der Waals surface area contributed by atoms with Gasteiger partial charge < -0.3 is 9.84 Å². The molecule has 2 bridgehead atoms. The normalized spacial score (nSPS) is 32.4. The second-order valence-electron chi connectivity index (χ2n) is 5.54. The monoisotopic (exact) mass is 224 g/mol. The Morgan fingerprint density at radius 3 is 2.88 bits per heavy atom. The molecule has 0 spiro atoms. The van der Waals surface area contributed by atoms with Gasteiger partial charge in [0.15, 0.2) is 0 Å². The summed E-state index contributed by atoms with van der Waals surface area (Å²) < 4.78 is 4.59. The number of carbonyl (C=O) groups excluding carboxylic acids is 1. The number of carbonyl (C=O) groups is 1. The second kappa shape index (κ2) is 3.88. The number of allylic oxidation sites excluding steroid dienone is 1. The summed E-state index contributed by atoms with van der Waals surface area (Å²) in [6.07, 6.45) is 3.75. The number of ether oxygens (including phenoxy) is 1. The van der Waals surface area contributed by atoms with Gasteiger partial charge in [-0.1, -0.05) is 19.9 Å². The van der Waals surface area contributed by atoms with Crippen molar-refractivity contribution in [1.82, 2.24) is 0 Å². The predicted octanol–water partition coefficient (Wildman–Crippen LogP) is 1.90. The summed E-state index contributed by atoms with van der Waals surface area (Å²) in [6.45, 7) is 4.51. The average molecular weight is 224 g/mol. The fraction of sp³-hybridized carbons (Fsp3) is 0.769. The average Bonchev–Trinajstić information content (AvgIpc) is 2.28. The van der Waals surface area contributed by atoms with Gasteiger partial charge in [-0.25, -0.2) is 0 Å². The fourth-order valence-electron chi connectivity index (χ4n) is 3.13. The van der Waals surface area contributed by atoms with Crippen molar-refractivity contribution < 1.29 is 14.6 Å². The molecular formula is C13H20O3. The summed E-state index contributed by atoms with van der Waals surface area (Å²) in [5.41, 5.74) is 1.35. The maximum absolute atomic E-state index is 11.1. The van der Waals surface area contributed by atoms with Gasteiger partial charge in [-0.15, -0.1) is 0 Å². The van der Waals surface area contributed by atoms with Gasteiger partial charge in [0.1, 0.15) is 0 Å². The third kappa shape index (κ3) is 1.67. The number of rotatable bonds is 3. The van der Waals surface area contributed by atoms with Gasteiger partial charge in [-0.05, 0) is 35.7 Å². The number of methoxy groups -OCH3 is 1. The number of aliphatic hydroxyl groups excluding tert-OH is 1. The van der Waals surface area contributed by atoms with E-state index < -0.39 is 6.10 Å². The van der Waals surface area contributed by atoms with Crippen LogP contribution in [0.1, 0.15) is 33.1 Å². The van der Waals surface area contributed by atoms with E-state index in [9.17, 15) is 9.90 Å². The van der Waals surface area contributed by atoms with E-state index in [0.717, 1.165) is 24.3 Å². The van der Waals surface area contributed by atoms with E-state index in [-0.39, 0.29) is 12.4 Å². The van der Waals surface area contributed by atoms with Crippen molar-refractivity contribution in [3.63, 3.8) is 0 Å². The zero-order valence-electron chi connectivity index (χ0n) is 10.2. The molecule has 0 aromatic heterocycles. The molecule has 3 heteroatoms. The Morgan fingerprint density at radius 2 is 2.38 bits per heavy atom. The van der Waals surface area contributed by atoms with Crippen LogP contribution in [-0.2, 0) is 9.53 Å². The van der Waals surface area contributed by atoms with Crippen LogP contribution in [-0.4, -0.2) is 24.3 Å². The van der Waals surface area contributed by atoms with Crippen LogP contribution in [0.2, 0.25) is 0 Å². The summed E-state index contributed by atoms with van der Waals surface area (Å²) >= 11 is 0. The van der Waals surface area contributed by atoms with Crippen LogP contribution in [0, 0.1) is 17.3 Å². The molecule has 0 aromatic rings. The largest absolute Gasteiger partial charge is 0.469 e. The first-order valence-electron chi connectivity index (χ1n) is 5.91. The van der Waals surface area contributed by atoms with E-state index in [1.807, 2.05) is 0 Å². The van der Waals surface area contributed by atoms with Gasteiger partial charge >= 0.3 is 5.97 Å². The molecule has 2 unspecified atom stereocenters. The van der Waals surface area contributed by atoms with E-state index in [4.69, 9.17) is 0 Å². The summed E-state index contributed by atoms with van der Waals surface area (Å²) in [4.78, 5) is 11.1. The first-order valence-corrected chi connectivity index (χ1v) is 5.91. The minimum Gasteiger partial charge on any atom is -0.469 e. The molecule has 0 aromatic carbocycles. The van der Waals surface area contributed by atoms with Crippen molar-refractivity contribution in [2.75, 3.05) is 7.11 Å². The first kappa shape index (κ1) is 11.6. The highest BCUT2D eigenvalue weighted by Crippen LogP contribution is 2.59. The third-order valence-corrected chi connectivity index (χ3v) is 4.48. The van der Waals surface area contributed by atoms with Gasteiger partial charge in [0, 0.05) is 0 Å². The summed E-state index contributed by atoms with van der Waals surface area (Å²) in [5.74, 6) is 0.866. The number of esters is 1. The van der Waals surface area contributed by atoms with Gasteiger partial charge in [-0.2, -0.15) is 0 Å². The number of hydrogen-bond donors (Lipinski definition) is 1. The molecule has 3 atom stereocenters. The minimum atomic E-state index is -0.655. The van der Waals surface area contributed by atoms with Crippen LogP contribution in [0.15, 0.2) is 11.6 Å². The highest BCUT2D eigenvalue weighted by atomic mass is 16.5. The zero-order valence-corrected chi connectivity index (χ0v) is 10.2. The molecule has 1 saturated carbocycles. The lowest BCUT2D eigenvalue weighted by molar-refractivity contribution is -0.142. The van der Waals surface area contributed by atoms with E-state index in [0.29, 0.717) is 11.3 Å². The maximum Gasteiger partial charge on any atom is 0.308 e. The van der Waals surface area contributed by atoms with Crippen LogP contribution >= 0.6 is 0 Å². The van der Waals surface area contributed by atoms with Crippen LogP contribution < -0.4 is 0 Å². The molecule has 0 aliphatic heterocycles. The Hall–Kier alpha value is -0.830. The van der Waals surface area contributed by atoms with Gasteiger partial charge in [-0.3, -0.25) is 4.79 Å². The molecule has 0 amide bonds. The SMILES string of the molecule is COC(=O)C[C@H](O)C1=CCC2CC1C2(C)C. The quantitative estimate of drug-likeness (QED) is 0.588. The van der Waals surface area contributed by atoms with Crippen molar-refractivity contribution in [3.05, 3.63) is 11.6 Å². The minimum absolute atomic E-state index is 0.0829. The predicted molar refractivity (Wildman–Crippen MR) is 60.7 cm³/mol. The number of hydrogen-bond acceptors (Lipinski definition) is 3. The Bertz CT molecular complexity index is 330. The van der Waals surface area contributed by atoms with E-state index in [2.05, 4.69) is 24.7 Å². The fourth-order valence-corrected chi connectivity index (χ4v) is 3.13. The molecule has 1 fully saturated rings. The van der Waals surface area contributed by atoms with Crippen molar-refractivity contribution in [2.45, 2.75) is 39.2 Å². The molecule has 3 nitrogen and oxygen atoms in total. The van der Waals surface area contributed by atoms with Crippen molar-refractivity contribution in [3.8, 4) is 0 Å². The summed E-state index contributed by atoms with van der Waals surface area (Å²) in [7, 11) is 1.35. The van der Waals surface area contributed by atoms with Gasteiger partial charge in [0.25, 0.3) is 0 Å². The van der Waals surface area contributed by atoms with Crippen molar-refractivity contribution in [1.29, 1.82) is 0 Å². The van der Waals surface area contributed by atoms with Crippen LogP contribution in [0.3, 0.4) is 0 Å². The van der Waals surface area contributed by atoms with E-state index in [1.54, 1.807) is 0 Å². The van der Waals surface area contributed by atoms with Gasteiger partial charge in [0.2, 0.25) is 0 Å². The first-order chi connectivity index (χ1) is 7.46. The molecule has 0 heterocycles. The number of fused-ring (bicyclic) bond motifs is 1. The molecular weight excluding hydrogens is 204 g/mol. The smallest absolute Gasteiger partial charge is 0.308 e. The van der Waals surface area contributed by atoms with Crippen LogP contribution in [0.4, 0.5) is 0 Å². The zero-order chi connectivity index (χ0) is 11.9.